The summed E-state index contributed by atoms with van der Waals surface area (Å²) in [6.07, 6.45) is 0. The van der Waals surface area contributed by atoms with Gasteiger partial charge >= 0.3 is 6.03 Å². The van der Waals surface area contributed by atoms with Crippen LogP contribution >= 0.6 is 0 Å². The zero-order chi connectivity index (χ0) is 18.7. The van der Waals surface area contributed by atoms with Crippen molar-refractivity contribution in [2.24, 2.45) is 5.92 Å². The molecule has 0 spiro atoms. The van der Waals surface area contributed by atoms with Crippen LogP contribution in [0.15, 0.2) is 18.2 Å². The Morgan fingerprint density at radius 2 is 1.79 bits per heavy atom. The molecule has 136 valence electrons. The van der Waals surface area contributed by atoms with Crippen molar-refractivity contribution in [3.8, 4) is 0 Å². The van der Waals surface area contributed by atoms with E-state index in [0.29, 0.717) is 18.2 Å². The molecule has 1 rings (SSSR count). The zero-order valence-electron chi connectivity index (χ0n) is 16.5. The molecule has 0 aromatic heterocycles. The van der Waals surface area contributed by atoms with Crippen molar-refractivity contribution < 1.29 is 4.79 Å². The average Bonchev–Trinajstić information content (AvgIpc) is 2.41. The molecular weight excluding hydrogens is 300 g/mol. The van der Waals surface area contributed by atoms with E-state index in [1.807, 2.05) is 58.0 Å². The first-order valence-electron chi connectivity index (χ1n) is 8.57. The number of urea groups is 1. The molecular formula is C19H34N4O. The molecule has 2 amide bonds. The smallest absolute Gasteiger partial charge is 0.318 e. The van der Waals surface area contributed by atoms with E-state index in [1.165, 1.54) is 0 Å². The van der Waals surface area contributed by atoms with Gasteiger partial charge in [-0.3, -0.25) is 0 Å². The van der Waals surface area contributed by atoms with Crippen LogP contribution in [0.1, 0.15) is 47.1 Å². The van der Waals surface area contributed by atoms with E-state index in [-0.39, 0.29) is 17.6 Å². The van der Waals surface area contributed by atoms with Gasteiger partial charge in [-0.15, -0.1) is 0 Å². The highest BCUT2D eigenvalue weighted by Crippen LogP contribution is 2.25. The summed E-state index contributed by atoms with van der Waals surface area (Å²) in [7, 11) is 4.00. The van der Waals surface area contributed by atoms with Crippen LogP contribution in [-0.2, 0) is 6.54 Å². The molecule has 1 aromatic rings. The summed E-state index contributed by atoms with van der Waals surface area (Å²) in [4.78, 5) is 16.8. The van der Waals surface area contributed by atoms with Crippen LogP contribution in [0.2, 0.25) is 0 Å². The Bertz CT molecular complexity index is 561. The lowest BCUT2D eigenvalue weighted by Crippen LogP contribution is -2.52. The van der Waals surface area contributed by atoms with Crippen molar-refractivity contribution in [2.45, 2.75) is 59.7 Å². The Balaban J connectivity index is 3.18. The van der Waals surface area contributed by atoms with Crippen molar-refractivity contribution in [2.75, 3.05) is 24.7 Å². The quantitative estimate of drug-likeness (QED) is 0.807. The predicted octanol–water partition coefficient (Wildman–Crippen LogP) is 3.69. The molecule has 5 heteroatoms. The predicted molar refractivity (Wildman–Crippen MR) is 103 cm³/mol. The summed E-state index contributed by atoms with van der Waals surface area (Å²) >= 11 is 0. The molecule has 0 radical (unpaired) electrons. The third-order valence-electron chi connectivity index (χ3n) is 4.13. The van der Waals surface area contributed by atoms with Crippen molar-refractivity contribution >= 4 is 17.4 Å². The largest absolute Gasteiger partial charge is 0.399 e. The minimum atomic E-state index is -0.272. The van der Waals surface area contributed by atoms with Crippen LogP contribution in [0, 0.1) is 5.92 Å². The molecule has 24 heavy (non-hydrogen) atoms. The zero-order valence-corrected chi connectivity index (χ0v) is 16.5. The van der Waals surface area contributed by atoms with Gasteiger partial charge in [0.05, 0.1) is 0 Å². The van der Waals surface area contributed by atoms with Gasteiger partial charge in [0.25, 0.3) is 0 Å². The van der Waals surface area contributed by atoms with Crippen LogP contribution in [0.25, 0.3) is 0 Å². The molecule has 0 fully saturated rings. The Morgan fingerprint density at radius 1 is 1.21 bits per heavy atom. The second-order valence-electron chi connectivity index (χ2n) is 8.08. The summed E-state index contributed by atoms with van der Waals surface area (Å²) < 4.78 is 0. The molecule has 0 aliphatic carbocycles. The number of hydrogen-bond donors (Lipinski definition) is 2. The van der Waals surface area contributed by atoms with Crippen molar-refractivity contribution in [3.05, 3.63) is 23.8 Å². The van der Waals surface area contributed by atoms with Gasteiger partial charge in [0.2, 0.25) is 0 Å². The van der Waals surface area contributed by atoms with Gasteiger partial charge in [-0.2, -0.15) is 0 Å². The molecule has 0 aliphatic rings. The minimum absolute atomic E-state index is 0.0455. The van der Waals surface area contributed by atoms with Crippen LogP contribution < -0.4 is 16.0 Å². The highest BCUT2D eigenvalue weighted by Gasteiger charge is 2.26. The standard InChI is InChI=1S/C19H34N4O/c1-13(2)14(3)23(18(24)21-19(4,5)6)12-15-11-16(20)9-10-17(15)22(7)8/h9-11,13-14H,12,20H2,1-8H3,(H,21,24). The third kappa shape index (κ3) is 5.62. The Hall–Kier alpha value is -1.91. The summed E-state index contributed by atoms with van der Waals surface area (Å²) in [5.41, 5.74) is 8.55. The maximum Gasteiger partial charge on any atom is 0.318 e. The highest BCUT2D eigenvalue weighted by molar-refractivity contribution is 5.76. The lowest BCUT2D eigenvalue weighted by molar-refractivity contribution is 0.150. The molecule has 0 saturated heterocycles. The van der Waals surface area contributed by atoms with E-state index in [2.05, 4.69) is 31.0 Å². The van der Waals surface area contributed by atoms with Gasteiger partial charge in [0.1, 0.15) is 0 Å². The van der Waals surface area contributed by atoms with E-state index in [4.69, 9.17) is 5.73 Å². The third-order valence-corrected chi connectivity index (χ3v) is 4.13. The van der Waals surface area contributed by atoms with Gasteiger partial charge in [-0.1, -0.05) is 13.8 Å². The molecule has 1 unspecified atom stereocenters. The Kier molecular flexibility index (Phi) is 6.52. The van der Waals surface area contributed by atoms with Crippen molar-refractivity contribution in [1.82, 2.24) is 10.2 Å². The topological polar surface area (TPSA) is 61.6 Å². The molecule has 0 heterocycles. The first kappa shape index (κ1) is 20.1. The van der Waals surface area contributed by atoms with Gasteiger partial charge < -0.3 is 20.9 Å². The molecule has 3 N–H and O–H groups in total. The molecule has 0 saturated carbocycles. The van der Waals surface area contributed by atoms with Gasteiger partial charge in [-0.05, 0) is 57.4 Å². The first-order valence-corrected chi connectivity index (χ1v) is 8.57. The van der Waals surface area contributed by atoms with Crippen LogP contribution in [0.4, 0.5) is 16.2 Å². The summed E-state index contributed by atoms with van der Waals surface area (Å²) in [6, 6.07) is 5.92. The summed E-state index contributed by atoms with van der Waals surface area (Å²) in [6.45, 7) is 12.9. The average molecular weight is 335 g/mol. The Morgan fingerprint density at radius 3 is 2.25 bits per heavy atom. The van der Waals surface area contributed by atoms with Gasteiger partial charge in [-0.25, -0.2) is 4.79 Å². The number of amides is 2. The van der Waals surface area contributed by atoms with Crippen LogP contribution in [0.5, 0.6) is 0 Å². The number of nitrogens with two attached hydrogens (primary N) is 1. The molecule has 0 bridgehead atoms. The first-order chi connectivity index (χ1) is 10.9. The number of nitrogen functional groups attached to an aromatic ring is 1. The monoisotopic (exact) mass is 334 g/mol. The lowest BCUT2D eigenvalue weighted by atomic mass is 10.0. The number of benzene rings is 1. The number of hydrogen-bond acceptors (Lipinski definition) is 3. The fraction of sp³-hybridized carbons (Fsp3) is 0.632. The van der Waals surface area contributed by atoms with E-state index in [0.717, 1.165) is 11.3 Å². The van der Waals surface area contributed by atoms with Crippen LogP contribution in [-0.4, -0.2) is 36.6 Å². The number of rotatable bonds is 5. The fourth-order valence-electron chi connectivity index (χ4n) is 2.51. The lowest BCUT2D eigenvalue weighted by Gasteiger charge is -2.35. The number of carbonyl (C=O) groups is 1. The molecule has 5 nitrogen and oxygen atoms in total. The number of nitrogens with one attached hydrogen (secondary N) is 1. The second kappa shape index (κ2) is 7.77. The molecule has 1 atom stereocenters. The summed E-state index contributed by atoms with van der Waals surface area (Å²) in [5, 5.41) is 3.08. The number of anilines is 2. The van der Waals surface area contributed by atoms with E-state index in [9.17, 15) is 4.79 Å². The van der Waals surface area contributed by atoms with Gasteiger partial charge in [0, 0.05) is 43.6 Å². The van der Waals surface area contributed by atoms with E-state index in [1.54, 1.807) is 0 Å². The molecule has 0 aliphatic heterocycles. The minimum Gasteiger partial charge on any atom is -0.399 e. The normalized spacial score (nSPS) is 12.9. The number of nitrogens with zero attached hydrogens (tertiary/aromatic N) is 2. The second-order valence-corrected chi connectivity index (χ2v) is 8.08. The van der Waals surface area contributed by atoms with Gasteiger partial charge in [0.15, 0.2) is 0 Å². The Labute approximate surface area is 147 Å². The highest BCUT2D eigenvalue weighted by atomic mass is 16.2. The number of carbonyl (C=O) groups excluding carboxylic acids is 1. The van der Waals surface area contributed by atoms with E-state index < -0.39 is 0 Å². The SMILES string of the molecule is CC(C)C(C)N(Cc1cc(N)ccc1N(C)C)C(=O)NC(C)(C)C. The van der Waals surface area contributed by atoms with Crippen molar-refractivity contribution in [1.29, 1.82) is 0 Å². The maximum absolute atomic E-state index is 12.8. The fourth-order valence-corrected chi connectivity index (χ4v) is 2.51. The van der Waals surface area contributed by atoms with E-state index >= 15 is 0 Å². The summed E-state index contributed by atoms with van der Waals surface area (Å²) in [5.74, 6) is 0.361. The molecule has 1 aromatic carbocycles. The maximum atomic E-state index is 12.8. The van der Waals surface area contributed by atoms with Crippen LogP contribution in [0.3, 0.4) is 0 Å². The van der Waals surface area contributed by atoms with Crippen molar-refractivity contribution in [3.63, 3.8) is 0 Å².